The highest BCUT2D eigenvalue weighted by Gasteiger charge is 2.33. The highest BCUT2D eigenvalue weighted by Crippen LogP contribution is 2.20. The molecule has 4 amide bonds. The summed E-state index contributed by atoms with van der Waals surface area (Å²) in [5, 5.41) is 21.1. The minimum atomic E-state index is -1.53. The topological polar surface area (TPSA) is 196 Å². The molecule has 1 aliphatic heterocycles. The van der Waals surface area contributed by atoms with Crippen molar-refractivity contribution in [2.45, 2.75) is 63.7 Å². The van der Waals surface area contributed by atoms with E-state index in [4.69, 9.17) is 5.73 Å². The predicted octanol–water partition coefficient (Wildman–Crippen LogP) is -0.467. The first-order valence-electron chi connectivity index (χ1n) is 12.3. The van der Waals surface area contributed by atoms with E-state index in [1.54, 1.807) is 20.0 Å². The third-order valence-electron chi connectivity index (χ3n) is 6.38. The molecular weight excluding hydrogens is 480 g/mol. The first-order chi connectivity index (χ1) is 17.6. The number of amides is 4. The smallest absolute Gasteiger partial charge is 0.326 e. The van der Waals surface area contributed by atoms with Crippen LogP contribution in [0.1, 0.15) is 38.7 Å². The second kappa shape index (κ2) is 12.3. The Labute approximate surface area is 214 Å². The Hall–Kier alpha value is -3.93. The van der Waals surface area contributed by atoms with Crippen molar-refractivity contribution < 1.29 is 29.1 Å². The van der Waals surface area contributed by atoms with Crippen molar-refractivity contribution in [3.05, 3.63) is 36.0 Å². The van der Waals surface area contributed by atoms with E-state index in [1.165, 1.54) is 0 Å². The quantitative estimate of drug-likeness (QED) is 0.199. The van der Waals surface area contributed by atoms with Crippen LogP contribution in [-0.4, -0.2) is 70.4 Å². The third-order valence-corrected chi connectivity index (χ3v) is 6.38. The number of primary amides is 1. The summed E-state index contributed by atoms with van der Waals surface area (Å²) in [7, 11) is 0. The Morgan fingerprint density at radius 3 is 2.41 bits per heavy atom. The van der Waals surface area contributed by atoms with Crippen LogP contribution in [0.2, 0.25) is 0 Å². The summed E-state index contributed by atoms with van der Waals surface area (Å²) < 4.78 is 0. The molecule has 12 heteroatoms. The minimum absolute atomic E-state index is 0.167. The van der Waals surface area contributed by atoms with Crippen LogP contribution < -0.4 is 27.0 Å². The number of carboxylic acids is 1. The number of para-hydroxylation sites is 1. The number of carboxylic acid groups (broad SMARTS) is 1. The maximum atomic E-state index is 13.4. The van der Waals surface area contributed by atoms with Crippen LogP contribution in [0.3, 0.4) is 0 Å². The third kappa shape index (κ3) is 7.29. The fraction of sp³-hybridized carbons (Fsp3) is 0.480. The number of aromatic nitrogens is 1. The summed E-state index contributed by atoms with van der Waals surface area (Å²) in [6, 6.07) is 3.52. The molecule has 1 saturated heterocycles. The number of carbonyl (C=O) groups is 5. The van der Waals surface area contributed by atoms with Gasteiger partial charge in [-0.15, -0.1) is 0 Å². The molecule has 2 aromatic rings. The largest absolute Gasteiger partial charge is 0.480 e. The minimum Gasteiger partial charge on any atom is -0.480 e. The molecule has 0 aliphatic carbocycles. The van der Waals surface area contributed by atoms with Crippen LogP contribution >= 0.6 is 0 Å². The van der Waals surface area contributed by atoms with Crippen molar-refractivity contribution in [1.29, 1.82) is 0 Å². The Balaban J connectivity index is 1.80. The van der Waals surface area contributed by atoms with Crippen LogP contribution in [0.5, 0.6) is 0 Å². The van der Waals surface area contributed by atoms with Crippen molar-refractivity contribution in [3.8, 4) is 0 Å². The van der Waals surface area contributed by atoms with Crippen LogP contribution in [-0.2, 0) is 30.4 Å². The molecule has 37 heavy (non-hydrogen) atoms. The molecule has 200 valence electrons. The lowest BCUT2D eigenvalue weighted by atomic mass is 10.00. The molecule has 1 fully saturated rings. The van der Waals surface area contributed by atoms with Gasteiger partial charge >= 0.3 is 5.97 Å². The number of fused-ring (bicyclic) bond motifs is 1. The molecule has 1 aliphatic rings. The Kier molecular flexibility index (Phi) is 9.23. The van der Waals surface area contributed by atoms with E-state index >= 15 is 0 Å². The lowest BCUT2D eigenvalue weighted by molar-refractivity contribution is -0.144. The van der Waals surface area contributed by atoms with Crippen LogP contribution in [0, 0.1) is 5.92 Å². The van der Waals surface area contributed by atoms with E-state index in [2.05, 4.69) is 26.3 Å². The molecule has 1 aromatic heterocycles. The zero-order valence-electron chi connectivity index (χ0n) is 20.9. The van der Waals surface area contributed by atoms with Crippen molar-refractivity contribution in [1.82, 2.24) is 26.3 Å². The standard InChI is InChI=1S/C25H34N6O6/c1-13(2)21(24(35)30-19(25(36)37)11-20(26)32)31-23(34)18(29-22(33)17-8-5-9-27-17)10-14-12-28-16-7-4-3-6-15(14)16/h3-4,6-7,12-13,17-19,21,27-28H,5,8-11H2,1-2H3,(H2,26,32)(H,29,33)(H,30,35)(H,31,34)(H,36,37). The van der Waals surface area contributed by atoms with E-state index in [-0.39, 0.29) is 12.3 Å². The zero-order chi connectivity index (χ0) is 27.1. The van der Waals surface area contributed by atoms with E-state index in [0.29, 0.717) is 13.0 Å². The Morgan fingerprint density at radius 1 is 1.05 bits per heavy atom. The van der Waals surface area contributed by atoms with Crippen LogP contribution in [0.25, 0.3) is 10.9 Å². The Bertz CT molecular complexity index is 1160. The molecule has 2 heterocycles. The lowest BCUT2D eigenvalue weighted by Gasteiger charge is -2.27. The highest BCUT2D eigenvalue weighted by molar-refractivity contribution is 5.95. The average molecular weight is 515 g/mol. The predicted molar refractivity (Wildman–Crippen MR) is 135 cm³/mol. The molecule has 0 spiro atoms. The van der Waals surface area contributed by atoms with Crippen molar-refractivity contribution in [2.75, 3.05) is 6.54 Å². The first-order valence-corrected chi connectivity index (χ1v) is 12.3. The fourth-order valence-corrected chi connectivity index (χ4v) is 4.36. The van der Waals surface area contributed by atoms with E-state index in [1.807, 2.05) is 24.3 Å². The summed E-state index contributed by atoms with van der Waals surface area (Å²) >= 11 is 0. The van der Waals surface area contributed by atoms with Gasteiger partial charge in [0.05, 0.1) is 12.5 Å². The number of H-pyrrole nitrogens is 1. The first kappa shape index (κ1) is 27.7. The molecular formula is C25H34N6O6. The van der Waals surface area contributed by atoms with Gasteiger partial charge in [0.25, 0.3) is 0 Å². The number of benzene rings is 1. The second-order valence-corrected chi connectivity index (χ2v) is 9.57. The molecule has 0 saturated carbocycles. The van der Waals surface area contributed by atoms with Gasteiger partial charge in [-0.3, -0.25) is 19.2 Å². The summed E-state index contributed by atoms with van der Waals surface area (Å²) in [4.78, 5) is 65.1. The van der Waals surface area contributed by atoms with E-state index in [0.717, 1.165) is 22.9 Å². The monoisotopic (exact) mass is 514 g/mol. The maximum absolute atomic E-state index is 13.4. The maximum Gasteiger partial charge on any atom is 0.326 e. The molecule has 4 atom stereocenters. The van der Waals surface area contributed by atoms with Crippen molar-refractivity contribution >= 4 is 40.5 Å². The summed E-state index contributed by atoms with van der Waals surface area (Å²) in [6.07, 6.45) is 2.86. The summed E-state index contributed by atoms with van der Waals surface area (Å²) in [6.45, 7) is 4.08. The van der Waals surface area contributed by atoms with Crippen LogP contribution in [0.15, 0.2) is 30.5 Å². The molecule has 8 N–H and O–H groups in total. The number of aliphatic carboxylic acids is 1. The van der Waals surface area contributed by atoms with Gasteiger partial charge in [-0.05, 0) is 36.9 Å². The molecule has 0 radical (unpaired) electrons. The number of hydrogen-bond acceptors (Lipinski definition) is 6. The van der Waals surface area contributed by atoms with Gasteiger partial charge in [-0.2, -0.15) is 0 Å². The van der Waals surface area contributed by atoms with Gasteiger partial charge in [0, 0.05) is 23.5 Å². The van der Waals surface area contributed by atoms with Gasteiger partial charge in [-0.25, -0.2) is 4.79 Å². The highest BCUT2D eigenvalue weighted by atomic mass is 16.4. The summed E-state index contributed by atoms with van der Waals surface area (Å²) in [5.74, 6) is -4.41. The number of hydrogen-bond donors (Lipinski definition) is 7. The molecule has 0 bridgehead atoms. The molecule has 12 nitrogen and oxygen atoms in total. The van der Waals surface area contributed by atoms with Gasteiger partial charge in [0.15, 0.2) is 0 Å². The number of rotatable bonds is 12. The SMILES string of the molecule is CC(C)C(NC(=O)C(Cc1c[nH]c2ccccc12)NC(=O)C1CCCN1)C(=O)NC(CC(N)=O)C(=O)O. The van der Waals surface area contributed by atoms with E-state index < -0.39 is 60.2 Å². The molecule has 3 rings (SSSR count). The van der Waals surface area contributed by atoms with Crippen molar-refractivity contribution in [2.24, 2.45) is 11.7 Å². The van der Waals surface area contributed by atoms with Gasteiger partial charge in [0.2, 0.25) is 23.6 Å². The number of nitrogens with two attached hydrogens (primary N) is 1. The normalized spacial score (nSPS) is 17.6. The zero-order valence-corrected chi connectivity index (χ0v) is 20.9. The molecule has 4 unspecified atom stereocenters. The number of aromatic amines is 1. The number of nitrogens with one attached hydrogen (secondary N) is 5. The Morgan fingerprint density at radius 2 is 1.78 bits per heavy atom. The average Bonchev–Trinajstić information content (AvgIpc) is 3.51. The molecule has 1 aromatic carbocycles. The van der Waals surface area contributed by atoms with Crippen LogP contribution in [0.4, 0.5) is 0 Å². The van der Waals surface area contributed by atoms with Gasteiger partial charge in [0.1, 0.15) is 18.1 Å². The lowest BCUT2D eigenvalue weighted by Crippen LogP contribution is -2.59. The number of carbonyl (C=O) groups excluding carboxylic acids is 4. The van der Waals surface area contributed by atoms with Gasteiger partial charge in [-0.1, -0.05) is 32.0 Å². The van der Waals surface area contributed by atoms with Crippen molar-refractivity contribution in [3.63, 3.8) is 0 Å². The van der Waals surface area contributed by atoms with Gasteiger partial charge < -0.3 is 37.1 Å². The summed E-state index contributed by atoms with van der Waals surface area (Å²) in [5.41, 5.74) is 6.79. The fourth-order valence-electron chi connectivity index (χ4n) is 4.36. The van der Waals surface area contributed by atoms with E-state index in [9.17, 15) is 29.1 Å². The second-order valence-electron chi connectivity index (χ2n) is 9.57.